The molecule has 2 aliphatic heterocycles. The summed E-state index contributed by atoms with van der Waals surface area (Å²) in [7, 11) is 0. The molecule has 4 atom stereocenters. The van der Waals surface area contributed by atoms with Gasteiger partial charge in [0.25, 0.3) is 0 Å². The Balaban J connectivity index is 1.68. The maximum Gasteiger partial charge on any atom is 0.410 e. The molecule has 0 bridgehead atoms. The van der Waals surface area contributed by atoms with Gasteiger partial charge in [-0.3, -0.25) is 8.37 Å². The topological polar surface area (TPSA) is 74.3 Å². The number of carbonyl (C=O) groups is 1. The van der Waals surface area contributed by atoms with Gasteiger partial charge in [-0.15, -0.1) is 0 Å². The van der Waals surface area contributed by atoms with Crippen LogP contribution in [0, 0.1) is 0 Å². The molecule has 0 aromatic heterocycles. The Morgan fingerprint density at radius 2 is 1.96 bits per heavy atom. The molecule has 1 amide bonds. The lowest BCUT2D eigenvalue weighted by Gasteiger charge is -2.38. The largest absolute Gasteiger partial charge is 0.444 e. The van der Waals surface area contributed by atoms with Gasteiger partial charge in [0.05, 0.1) is 19.7 Å². The fourth-order valence-corrected chi connectivity index (χ4v) is 3.63. The van der Waals surface area contributed by atoms with E-state index in [1.807, 2.05) is 51.1 Å². The van der Waals surface area contributed by atoms with E-state index in [4.69, 9.17) is 17.8 Å². The average molecular weight is 369 g/mol. The van der Waals surface area contributed by atoms with Crippen LogP contribution in [0.3, 0.4) is 0 Å². The van der Waals surface area contributed by atoms with Crippen LogP contribution in [0.25, 0.3) is 0 Å². The molecule has 0 saturated carbocycles. The second-order valence-corrected chi connectivity index (χ2v) is 7.91. The van der Waals surface area contributed by atoms with Gasteiger partial charge in [0, 0.05) is 0 Å². The minimum absolute atomic E-state index is 0.260. The molecule has 1 aromatic rings. The molecule has 8 heteroatoms. The lowest BCUT2D eigenvalue weighted by atomic mass is 10.0. The van der Waals surface area contributed by atoms with Crippen molar-refractivity contribution in [3.63, 3.8) is 0 Å². The minimum atomic E-state index is -1.82. The Hall–Kier alpha value is -1.48. The second kappa shape index (κ2) is 7.41. The summed E-state index contributed by atoms with van der Waals surface area (Å²) in [4.78, 5) is 13.9. The lowest BCUT2D eigenvalue weighted by Crippen LogP contribution is -2.57. The molecule has 0 radical (unpaired) electrons. The second-order valence-electron chi connectivity index (χ2n) is 7.12. The third kappa shape index (κ3) is 4.78. The molecule has 0 N–H and O–H groups in total. The number of piperidine rings is 1. The molecule has 2 saturated heterocycles. The van der Waals surface area contributed by atoms with E-state index in [9.17, 15) is 9.00 Å². The average Bonchev–Trinajstić information content (AvgIpc) is 2.92. The Labute approximate surface area is 150 Å². The van der Waals surface area contributed by atoms with Gasteiger partial charge in [-0.2, -0.15) is 4.21 Å². The summed E-state index contributed by atoms with van der Waals surface area (Å²) >= 11 is -1.82. The highest BCUT2D eigenvalue weighted by Crippen LogP contribution is 2.29. The number of nitrogens with zero attached hydrogens (tertiary/aromatic N) is 1. The number of hydrogen-bond donors (Lipinski definition) is 0. The van der Waals surface area contributed by atoms with Crippen molar-refractivity contribution in [2.45, 2.75) is 51.3 Å². The van der Waals surface area contributed by atoms with Crippen molar-refractivity contribution in [1.29, 1.82) is 0 Å². The summed E-state index contributed by atoms with van der Waals surface area (Å²) < 4.78 is 33.6. The van der Waals surface area contributed by atoms with Crippen molar-refractivity contribution >= 4 is 17.5 Å². The van der Waals surface area contributed by atoms with E-state index in [0.717, 1.165) is 5.56 Å². The maximum atomic E-state index is 12.4. The Morgan fingerprint density at radius 3 is 2.64 bits per heavy atom. The highest BCUT2D eigenvalue weighted by Gasteiger charge is 2.48. The molecule has 3 rings (SSSR count). The zero-order valence-corrected chi connectivity index (χ0v) is 15.4. The molecule has 2 fully saturated rings. The quantitative estimate of drug-likeness (QED) is 0.813. The van der Waals surface area contributed by atoms with Gasteiger partial charge in [-0.1, -0.05) is 30.3 Å². The van der Waals surface area contributed by atoms with Gasteiger partial charge in [0.2, 0.25) is 0 Å². The Bertz CT molecular complexity index is 632. The molecule has 1 unspecified atom stereocenters. The summed E-state index contributed by atoms with van der Waals surface area (Å²) in [5.74, 6) is 0. The highest BCUT2D eigenvalue weighted by atomic mass is 32.2. The van der Waals surface area contributed by atoms with Gasteiger partial charge in [0.15, 0.2) is 0 Å². The number of hydrogen-bond acceptors (Lipinski definition) is 6. The molecule has 0 spiro atoms. The summed E-state index contributed by atoms with van der Waals surface area (Å²) in [6.07, 6.45) is -1.86. The molecule has 25 heavy (non-hydrogen) atoms. The number of ether oxygens (including phenoxy) is 2. The molecular weight excluding hydrogens is 346 g/mol. The first-order valence-corrected chi connectivity index (χ1v) is 9.21. The van der Waals surface area contributed by atoms with Crippen molar-refractivity contribution in [1.82, 2.24) is 4.90 Å². The fraction of sp³-hybridized carbons (Fsp3) is 0.588. The van der Waals surface area contributed by atoms with Gasteiger partial charge in [0.1, 0.15) is 23.9 Å². The first-order chi connectivity index (χ1) is 11.8. The van der Waals surface area contributed by atoms with Crippen molar-refractivity contribution in [3.05, 3.63) is 35.9 Å². The maximum absolute atomic E-state index is 12.4. The van der Waals surface area contributed by atoms with Crippen LogP contribution >= 0.6 is 0 Å². The van der Waals surface area contributed by atoms with Gasteiger partial charge >= 0.3 is 17.5 Å². The highest BCUT2D eigenvalue weighted by molar-refractivity contribution is 7.75. The van der Waals surface area contributed by atoms with Crippen LogP contribution in [-0.4, -0.2) is 52.2 Å². The zero-order chi connectivity index (χ0) is 18.0. The van der Waals surface area contributed by atoms with E-state index in [2.05, 4.69) is 0 Å². The number of amides is 1. The number of fused-ring (bicyclic) bond motifs is 1. The van der Waals surface area contributed by atoms with Crippen LogP contribution in [0.15, 0.2) is 30.3 Å². The predicted molar refractivity (Wildman–Crippen MR) is 90.7 cm³/mol. The first-order valence-electron chi connectivity index (χ1n) is 8.21. The smallest absolute Gasteiger partial charge is 0.410 e. The number of benzene rings is 1. The Morgan fingerprint density at radius 1 is 1.24 bits per heavy atom. The van der Waals surface area contributed by atoms with Gasteiger partial charge in [-0.05, 0) is 26.3 Å². The molecular formula is C17H23NO6S. The molecule has 2 heterocycles. The van der Waals surface area contributed by atoms with Crippen LogP contribution in [0.1, 0.15) is 26.3 Å². The van der Waals surface area contributed by atoms with E-state index in [1.165, 1.54) is 4.90 Å². The normalized spacial score (nSPS) is 29.3. The summed E-state index contributed by atoms with van der Waals surface area (Å²) in [6.45, 7) is 6.36. The summed E-state index contributed by atoms with van der Waals surface area (Å²) in [5, 5.41) is 0. The van der Waals surface area contributed by atoms with E-state index in [0.29, 0.717) is 13.2 Å². The molecule has 138 valence electrons. The van der Waals surface area contributed by atoms with Crippen LogP contribution < -0.4 is 0 Å². The van der Waals surface area contributed by atoms with E-state index < -0.39 is 41.4 Å². The van der Waals surface area contributed by atoms with Gasteiger partial charge < -0.3 is 14.4 Å². The predicted octanol–water partition coefficient (Wildman–Crippen LogP) is 2.19. The van der Waals surface area contributed by atoms with Crippen molar-refractivity contribution in [3.8, 4) is 0 Å². The minimum Gasteiger partial charge on any atom is -0.444 e. The lowest BCUT2D eigenvalue weighted by molar-refractivity contribution is -0.0922. The molecule has 0 aliphatic carbocycles. The number of carbonyl (C=O) groups excluding carboxylic acids is 1. The fourth-order valence-electron chi connectivity index (χ4n) is 2.78. The summed E-state index contributed by atoms with van der Waals surface area (Å²) in [6, 6.07) is 9.70. The first kappa shape index (κ1) is 18.3. The van der Waals surface area contributed by atoms with E-state index >= 15 is 0 Å². The number of likely N-dealkylation sites (tertiary alicyclic amines) is 1. The van der Waals surface area contributed by atoms with Crippen LogP contribution in [0.5, 0.6) is 0 Å². The number of rotatable bonds is 3. The van der Waals surface area contributed by atoms with Crippen molar-refractivity contribution < 1.29 is 26.8 Å². The van der Waals surface area contributed by atoms with E-state index in [1.54, 1.807) is 0 Å². The van der Waals surface area contributed by atoms with Gasteiger partial charge in [-0.25, -0.2) is 4.79 Å². The molecule has 2 aliphatic rings. The molecule has 1 aromatic carbocycles. The SMILES string of the molecule is CC(C)(C)OC(=O)N1C[C@@H]2OS(=O)O[C@@H]2[C@H](OCc2ccccc2)C1. The zero-order valence-electron chi connectivity index (χ0n) is 14.5. The van der Waals surface area contributed by atoms with Crippen LogP contribution in [0.4, 0.5) is 4.79 Å². The van der Waals surface area contributed by atoms with Crippen LogP contribution in [-0.2, 0) is 35.8 Å². The molecule has 7 nitrogen and oxygen atoms in total. The third-order valence-electron chi connectivity index (χ3n) is 3.88. The van der Waals surface area contributed by atoms with Crippen molar-refractivity contribution in [2.24, 2.45) is 0 Å². The standard InChI is InChI=1S/C17H23NO6S/c1-17(2,3)22-16(19)18-9-13(15-14(10-18)23-25(20)24-15)21-11-12-7-5-4-6-8-12/h4-8,13-15H,9-11H2,1-3H3/t13-,14+,15-,25?/m1/s1. The Kier molecular flexibility index (Phi) is 5.43. The summed E-state index contributed by atoms with van der Waals surface area (Å²) in [5.41, 5.74) is 0.415. The third-order valence-corrected chi connectivity index (χ3v) is 4.67. The van der Waals surface area contributed by atoms with Crippen LogP contribution in [0.2, 0.25) is 0 Å². The van der Waals surface area contributed by atoms with E-state index in [-0.39, 0.29) is 6.54 Å². The monoisotopic (exact) mass is 369 g/mol. The van der Waals surface area contributed by atoms with Crippen molar-refractivity contribution in [2.75, 3.05) is 13.1 Å².